The van der Waals surface area contributed by atoms with Gasteiger partial charge in [-0.1, -0.05) is 35.8 Å². The van der Waals surface area contributed by atoms with Crippen LogP contribution in [-0.4, -0.2) is 23.5 Å². The molecule has 1 amide bonds. The molecule has 2 nitrogen and oxygen atoms in total. The number of amides is 1. The van der Waals surface area contributed by atoms with Crippen LogP contribution < -0.4 is 5.32 Å². The van der Waals surface area contributed by atoms with Crippen molar-refractivity contribution in [3.05, 3.63) is 34.3 Å². The summed E-state index contributed by atoms with van der Waals surface area (Å²) in [6.45, 7) is 5.06. The molecule has 0 saturated heterocycles. The van der Waals surface area contributed by atoms with Crippen molar-refractivity contribution in [2.45, 2.75) is 31.4 Å². The van der Waals surface area contributed by atoms with Gasteiger partial charge in [-0.05, 0) is 37.3 Å². The molecule has 0 atom stereocenters. The summed E-state index contributed by atoms with van der Waals surface area (Å²) in [6.07, 6.45) is 4.23. The number of hydrogen-bond acceptors (Lipinski definition) is 2. The minimum atomic E-state index is -0.00312. The van der Waals surface area contributed by atoms with Crippen LogP contribution in [0.3, 0.4) is 0 Å². The zero-order valence-corrected chi connectivity index (χ0v) is 13.5. The number of carbonyl (C=O) groups is 1. The highest BCUT2D eigenvalue weighted by molar-refractivity contribution is 9.10. The van der Waals surface area contributed by atoms with Gasteiger partial charge in [0, 0.05) is 21.3 Å². The molecule has 1 aromatic rings. The smallest absolute Gasteiger partial charge is 0.251 e. The molecule has 18 heavy (non-hydrogen) atoms. The van der Waals surface area contributed by atoms with Gasteiger partial charge in [0.2, 0.25) is 0 Å². The van der Waals surface area contributed by atoms with Gasteiger partial charge in [-0.2, -0.15) is 11.8 Å². The van der Waals surface area contributed by atoms with Crippen LogP contribution in [0.2, 0.25) is 0 Å². The molecule has 0 aliphatic heterocycles. The molecule has 0 saturated carbocycles. The number of benzene rings is 1. The maximum absolute atomic E-state index is 12.1. The van der Waals surface area contributed by atoms with Crippen LogP contribution >= 0.6 is 27.7 Å². The van der Waals surface area contributed by atoms with E-state index in [-0.39, 0.29) is 10.7 Å². The summed E-state index contributed by atoms with van der Waals surface area (Å²) >= 11 is 5.21. The molecular formula is C14H20BrNOS. The number of hydrogen-bond donors (Lipinski definition) is 1. The van der Waals surface area contributed by atoms with Gasteiger partial charge in [0.25, 0.3) is 5.91 Å². The van der Waals surface area contributed by atoms with E-state index in [1.54, 1.807) is 0 Å². The van der Waals surface area contributed by atoms with Crippen LogP contribution in [0.4, 0.5) is 0 Å². The van der Waals surface area contributed by atoms with E-state index < -0.39 is 0 Å². The first-order valence-corrected chi connectivity index (χ1v) is 8.17. The molecule has 1 rings (SSSR count). The third-order valence-corrected chi connectivity index (χ3v) is 5.46. The second kappa shape index (κ2) is 7.19. The monoisotopic (exact) mass is 329 g/mol. The average molecular weight is 330 g/mol. The fraction of sp³-hybridized carbons (Fsp3) is 0.500. The van der Waals surface area contributed by atoms with E-state index in [1.165, 1.54) is 0 Å². The molecule has 0 aliphatic rings. The zero-order chi connectivity index (χ0) is 13.6. The number of nitrogens with one attached hydrogen (secondary N) is 1. The first kappa shape index (κ1) is 15.6. The van der Waals surface area contributed by atoms with Crippen LogP contribution in [0.15, 0.2) is 28.7 Å². The van der Waals surface area contributed by atoms with Crippen LogP contribution in [0, 0.1) is 0 Å². The van der Waals surface area contributed by atoms with Gasteiger partial charge in [0.15, 0.2) is 0 Å². The fourth-order valence-corrected chi connectivity index (χ4v) is 3.03. The van der Waals surface area contributed by atoms with Crippen molar-refractivity contribution in [1.82, 2.24) is 5.32 Å². The van der Waals surface area contributed by atoms with E-state index in [4.69, 9.17) is 0 Å². The Hall–Kier alpha value is -0.480. The predicted molar refractivity (Wildman–Crippen MR) is 83.3 cm³/mol. The van der Waals surface area contributed by atoms with Crippen molar-refractivity contribution in [2.24, 2.45) is 0 Å². The Morgan fingerprint density at radius 1 is 1.39 bits per heavy atom. The van der Waals surface area contributed by atoms with Gasteiger partial charge < -0.3 is 5.32 Å². The highest BCUT2D eigenvalue weighted by Crippen LogP contribution is 2.29. The summed E-state index contributed by atoms with van der Waals surface area (Å²) in [5.41, 5.74) is 0.701. The summed E-state index contributed by atoms with van der Waals surface area (Å²) < 4.78 is 1.08. The highest BCUT2D eigenvalue weighted by atomic mass is 79.9. The van der Waals surface area contributed by atoms with Crippen molar-refractivity contribution in [1.29, 1.82) is 0 Å². The van der Waals surface area contributed by atoms with Crippen LogP contribution in [0.5, 0.6) is 0 Å². The molecule has 0 unspecified atom stereocenters. The van der Waals surface area contributed by atoms with Crippen LogP contribution in [-0.2, 0) is 0 Å². The lowest BCUT2D eigenvalue weighted by atomic mass is 10.0. The second-order valence-corrected chi connectivity index (χ2v) is 6.48. The molecule has 0 aliphatic carbocycles. The zero-order valence-electron chi connectivity index (χ0n) is 11.1. The molecule has 0 aromatic heterocycles. The van der Waals surface area contributed by atoms with Crippen LogP contribution in [0.25, 0.3) is 0 Å². The molecule has 4 heteroatoms. The van der Waals surface area contributed by atoms with Crippen molar-refractivity contribution in [2.75, 3.05) is 12.8 Å². The Morgan fingerprint density at radius 2 is 2.06 bits per heavy atom. The molecular weight excluding hydrogens is 310 g/mol. The van der Waals surface area contributed by atoms with E-state index >= 15 is 0 Å². The molecule has 1 N–H and O–H groups in total. The van der Waals surface area contributed by atoms with Crippen molar-refractivity contribution < 1.29 is 4.79 Å². The minimum Gasteiger partial charge on any atom is -0.351 e. The average Bonchev–Trinajstić information content (AvgIpc) is 2.40. The maximum Gasteiger partial charge on any atom is 0.251 e. The van der Waals surface area contributed by atoms with E-state index in [0.29, 0.717) is 12.1 Å². The van der Waals surface area contributed by atoms with E-state index in [0.717, 1.165) is 17.3 Å². The number of halogens is 1. The molecule has 100 valence electrons. The van der Waals surface area contributed by atoms with Crippen molar-refractivity contribution >= 4 is 33.6 Å². The fourth-order valence-electron chi connectivity index (χ4n) is 1.83. The van der Waals surface area contributed by atoms with Gasteiger partial charge in [-0.15, -0.1) is 0 Å². The Balaban J connectivity index is 2.66. The highest BCUT2D eigenvalue weighted by Gasteiger charge is 2.25. The summed E-state index contributed by atoms with van der Waals surface area (Å²) in [6, 6.07) is 7.47. The molecule has 0 spiro atoms. The van der Waals surface area contributed by atoms with Crippen molar-refractivity contribution in [3.63, 3.8) is 0 Å². The lowest BCUT2D eigenvalue weighted by Gasteiger charge is -2.29. The van der Waals surface area contributed by atoms with Crippen molar-refractivity contribution in [3.8, 4) is 0 Å². The standard InChI is InChI=1S/C14H20BrNOS/c1-4-14(5-2,18-3)10-16-13(17)11-7-6-8-12(15)9-11/h6-9H,4-5,10H2,1-3H3,(H,16,17). The molecule has 0 bridgehead atoms. The molecule has 0 fully saturated rings. The third kappa shape index (κ3) is 4.02. The minimum absolute atomic E-state index is 0.00312. The van der Waals surface area contributed by atoms with Crippen LogP contribution in [0.1, 0.15) is 37.0 Å². The maximum atomic E-state index is 12.1. The number of thioether (sulfide) groups is 1. The summed E-state index contributed by atoms with van der Waals surface area (Å²) in [4.78, 5) is 12.1. The first-order valence-electron chi connectivity index (χ1n) is 6.16. The SMILES string of the molecule is CCC(CC)(CNC(=O)c1cccc(Br)c1)SC. The predicted octanol–water partition coefficient (Wildman–Crippen LogP) is 4.10. The van der Waals surface area contributed by atoms with Gasteiger partial charge in [0.05, 0.1) is 0 Å². The number of rotatable bonds is 6. The summed E-state index contributed by atoms with van der Waals surface area (Å²) in [7, 11) is 0. The molecule has 0 heterocycles. The summed E-state index contributed by atoms with van der Waals surface area (Å²) in [5.74, 6) is -0.00312. The Kier molecular flexibility index (Phi) is 6.22. The molecule has 0 radical (unpaired) electrons. The van der Waals surface area contributed by atoms with Gasteiger partial charge in [-0.25, -0.2) is 0 Å². The largest absolute Gasteiger partial charge is 0.351 e. The first-order chi connectivity index (χ1) is 8.56. The Bertz CT molecular complexity index is 396. The second-order valence-electron chi connectivity index (χ2n) is 4.29. The third-order valence-electron chi connectivity index (χ3n) is 3.38. The topological polar surface area (TPSA) is 29.1 Å². The lowest BCUT2D eigenvalue weighted by Crippen LogP contribution is -2.39. The summed E-state index contributed by atoms with van der Waals surface area (Å²) in [5, 5.41) is 3.04. The number of carbonyl (C=O) groups excluding carboxylic acids is 1. The lowest BCUT2D eigenvalue weighted by molar-refractivity contribution is 0.0949. The van der Waals surface area contributed by atoms with Gasteiger partial charge in [-0.3, -0.25) is 4.79 Å². The van der Waals surface area contributed by atoms with E-state index in [9.17, 15) is 4.79 Å². The Labute approximate surface area is 122 Å². The van der Waals surface area contributed by atoms with Gasteiger partial charge in [0.1, 0.15) is 0 Å². The van der Waals surface area contributed by atoms with E-state index in [2.05, 4.69) is 41.3 Å². The Morgan fingerprint density at radius 3 is 2.56 bits per heavy atom. The normalized spacial score (nSPS) is 11.3. The molecule has 1 aromatic carbocycles. The van der Waals surface area contributed by atoms with E-state index in [1.807, 2.05) is 36.0 Å². The quantitative estimate of drug-likeness (QED) is 0.851. The van der Waals surface area contributed by atoms with Gasteiger partial charge >= 0.3 is 0 Å².